The summed E-state index contributed by atoms with van der Waals surface area (Å²) in [5.74, 6) is -1.15. The zero-order valence-corrected chi connectivity index (χ0v) is 27.5. The molecule has 1 heterocycles. The van der Waals surface area contributed by atoms with E-state index in [1.54, 1.807) is 11.0 Å². The second-order valence-electron chi connectivity index (χ2n) is 12.8. The van der Waals surface area contributed by atoms with Crippen LogP contribution in [0.1, 0.15) is 55.2 Å². The minimum absolute atomic E-state index is 0.206. The van der Waals surface area contributed by atoms with Crippen molar-refractivity contribution in [1.82, 2.24) is 5.32 Å². The Hall–Kier alpha value is -5.50. The normalized spacial score (nSPS) is 17.3. The van der Waals surface area contributed by atoms with Crippen molar-refractivity contribution in [3.63, 3.8) is 0 Å². The predicted octanol–water partition coefficient (Wildman–Crippen LogP) is 7.18. The molecule has 8 heteroatoms. The van der Waals surface area contributed by atoms with Gasteiger partial charge in [-0.25, -0.2) is 4.99 Å². The van der Waals surface area contributed by atoms with Gasteiger partial charge in [-0.15, -0.1) is 6.58 Å². The number of amides is 3. The molecule has 3 atom stereocenters. The van der Waals surface area contributed by atoms with Gasteiger partial charge >= 0.3 is 0 Å². The molecule has 0 saturated heterocycles. The number of primary amides is 1. The van der Waals surface area contributed by atoms with Crippen LogP contribution in [0, 0.1) is 17.8 Å². The van der Waals surface area contributed by atoms with Gasteiger partial charge in [-0.1, -0.05) is 111 Å². The zero-order chi connectivity index (χ0) is 34.2. The summed E-state index contributed by atoms with van der Waals surface area (Å²) in [5.41, 5.74) is 9.54. The van der Waals surface area contributed by atoms with E-state index in [2.05, 4.69) is 11.9 Å². The maximum Gasteiger partial charge on any atom is 0.272 e. The Morgan fingerprint density at radius 3 is 2.29 bits per heavy atom. The maximum atomic E-state index is 14.7. The molecule has 250 valence electrons. The smallest absolute Gasteiger partial charge is 0.272 e. The molecule has 0 spiro atoms. The molecule has 49 heavy (non-hydrogen) atoms. The number of benzodiazepines with no additional fused rings is 1. The van der Waals surface area contributed by atoms with Gasteiger partial charge in [0.05, 0.1) is 29.8 Å². The predicted molar refractivity (Wildman–Crippen MR) is 192 cm³/mol. The number of ether oxygens (including phenoxy) is 1. The summed E-state index contributed by atoms with van der Waals surface area (Å²) in [7, 11) is 0. The Bertz CT molecular complexity index is 1820. The fourth-order valence-corrected chi connectivity index (χ4v) is 6.99. The monoisotopic (exact) mass is 654 g/mol. The van der Waals surface area contributed by atoms with Crippen molar-refractivity contribution in [2.75, 3.05) is 4.90 Å². The van der Waals surface area contributed by atoms with Gasteiger partial charge in [0.1, 0.15) is 11.5 Å². The number of nitrogens with zero attached hydrogens (tertiary/aromatic N) is 2. The van der Waals surface area contributed by atoms with Crippen LogP contribution >= 0.6 is 0 Å². The summed E-state index contributed by atoms with van der Waals surface area (Å²) in [4.78, 5) is 48.3. The first kappa shape index (κ1) is 33.4. The minimum atomic E-state index is -1.25. The molecule has 6 rings (SSSR count). The molecular weight excluding hydrogens is 612 g/mol. The number of benzene rings is 4. The van der Waals surface area contributed by atoms with E-state index in [1.807, 2.05) is 109 Å². The second-order valence-corrected chi connectivity index (χ2v) is 12.8. The number of allylic oxidation sites excluding steroid dienone is 1. The fraction of sp³-hybridized carbons (Fsp3) is 0.268. The van der Waals surface area contributed by atoms with E-state index >= 15 is 0 Å². The van der Waals surface area contributed by atoms with Crippen LogP contribution in [-0.4, -0.2) is 29.6 Å². The quantitative estimate of drug-likeness (QED) is 0.149. The molecule has 3 unspecified atom stereocenters. The van der Waals surface area contributed by atoms with Gasteiger partial charge in [0.15, 0.2) is 0 Å². The Kier molecular flexibility index (Phi) is 10.6. The van der Waals surface area contributed by atoms with Gasteiger partial charge in [-0.2, -0.15) is 0 Å². The van der Waals surface area contributed by atoms with Crippen LogP contribution in [0.4, 0.5) is 5.69 Å². The molecule has 0 radical (unpaired) electrons. The average Bonchev–Trinajstić information content (AvgIpc) is 3.61. The minimum Gasteiger partial charge on any atom is -0.457 e. The Balaban J connectivity index is 1.37. The lowest BCUT2D eigenvalue weighted by Crippen LogP contribution is -2.50. The third-order valence-electron chi connectivity index (χ3n) is 9.42. The highest BCUT2D eigenvalue weighted by molar-refractivity contribution is 6.20. The second kappa shape index (κ2) is 15.6. The number of fused-ring (bicyclic) bond motifs is 1. The SMILES string of the molecule is C=CCC(C(N)=O)C(CC1CCCC1)C(=O)NC1N=C(c2ccccc2)c2ccccc2N(Cc2cccc(Oc3ccccc3)c2)C1=O. The van der Waals surface area contributed by atoms with Gasteiger partial charge < -0.3 is 20.7 Å². The molecule has 0 bridgehead atoms. The first-order valence-electron chi connectivity index (χ1n) is 17.0. The van der Waals surface area contributed by atoms with Gasteiger partial charge in [0.25, 0.3) is 5.91 Å². The first-order chi connectivity index (χ1) is 23.9. The number of anilines is 1. The van der Waals surface area contributed by atoms with Crippen molar-refractivity contribution in [3.05, 3.63) is 139 Å². The molecule has 3 N–H and O–H groups in total. The van der Waals surface area contributed by atoms with Crippen LogP contribution in [-0.2, 0) is 20.9 Å². The maximum absolute atomic E-state index is 14.7. The lowest BCUT2D eigenvalue weighted by atomic mass is 9.80. The van der Waals surface area contributed by atoms with Crippen LogP contribution in [0.25, 0.3) is 0 Å². The van der Waals surface area contributed by atoms with E-state index in [4.69, 9.17) is 15.5 Å². The number of nitrogens with one attached hydrogen (secondary N) is 1. The number of hydrogen-bond donors (Lipinski definition) is 2. The molecule has 8 nitrogen and oxygen atoms in total. The molecule has 0 aromatic heterocycles. The van der Waals surface area contributed by atoms with E-state index in [1.165, 1.54) is 0 Å². The highest BCUT2D eigenvalue weighted by Gasteiger charge is 2.38. The first-order valence-corrected chi connectivity index (χ1v) is 17.0. The number of hydrogen-bond acceptors (Lipinski definition) is 5. The number of nitrogens with two attached hydrogens (primary N) is 1. The molecular formula is C41H42N4O4. The molecule has 1 aliphatic heterocycles. The van der Waals surface area contributed by atoms with Crippen LogP contribution < -0.4 is 20.7 Å². The summed E-state index contributed by atoms with van der Waals surface area (Å²) in [6.45, 7) is 4.02. The van der Waals surface area contributed by atoms with Crippen molar-refractivity contribution in [3.8, 4) is 11.5 Å². The standard InChI is InChI=1S/C41H42N4O4/c1-2-14-33(38(42)46)35(26-28-15-9-10-16-28)40(47)44-39-41(48)45(27-29-17-13-22-32(25-29)49-31-20-7-4-8-21-31)36-24-12-11-23-34(36)37(43-39)30-18-5-3-6-19-30/h2-8,11-13,17-25,28,33,35,39H,1,9-10,14-16,26-27H2,(H2,42,46)(H,44,47). The van der Waals surface area contributed by atoms with Gasteiger partial charge in [-0.05, 0) is 54.7 Å². The highest BCUT2D eigenvalue weighted by atomic mass is 16.5. The Morgan fingerprint density at radius 2 is 1.57 bits per heavy atom. The summed E-state index contributed by atoms with van der Waals surface area (Å²) in [5, 5.41) is 2.99. The highest BCUT2D eigenvalue weighted by Crippen LogP contribution is 2.35. The van der Waals surface area contributed by atoms with Crippen LogP contribution in [0.5, 0.6) is 11.5 Å². The summed E-state index contributed by atoms with van der Waals surface area (Å²) in [6, 6.07) is 34.4. The third kappa shape index (κ3) is 7.97. The van der Waals surface area contributed by atoms with E-state index in [9.17, 15) is 14.4 Å². The Morgan fingerprint density at radius 1 is 0.898 bits per heavy atom. The summed E-state index contributed by atoms with van der Waals surface area (Å²) >= 11 is 0. The third-order valence-corrected chi connectivity index (χ3v) is 9.42. The summed E-state index contributed by atoms with van der Waals surface area (Å²) in [6.07, 6.45) is 5.35. The number of carbonyl (C=O) groups excluding carboxylic acids is 3. The molecule has 2 aliphatic rings. The van der Waals surface area contributed by atoms with Crippen LogP contribution in [0.2, 0.25) is 0 Å². The lowest BCUT2D eigenvalue weighted by molar-refractivity contribution is -0.135. The van der Waals surface area contributed by atoms with E-state index in [0.29, 0.717) is 35.2 Å². The van der Waals surface area contributed by atoms with Gasteiger partial charge in [0.2, 0.25) is 18.0 Å². The molecule has 4 aromatic rings. The van der Waals surface area contributed by atoms with E-state index in [-0.39, 0.29) is 18.9 Å². The molecule has 3 amide bonds. The zero-order valence-electron chi connectivity index (χ0n) is 27.5. The molecule has 4 aromatic carbocycles. The molecule has 1 aliphatic carbocycles. The lowest BCUT2D eigenvalue weighted by Gasteiger charge is -2.29. The van der Waals surface area contributed by atoms with Crippen molar-refractivity contribution >= 4 is 29.1 Å². The van der Waals surface area contributed by atoms with Gasteiger partial charge in [-0.3, -0.25) is 14.4 Å². The number of rotatable bonds is 13. The fourth-order valence-electron chi connectivity index (χ4n) is 6.99. The van der Waals surface area contributed by atoms with Gasteiger partial charge in [0, 0.05) is 11.1 Å². The number of para-hydroxylation sites is 2. The van der Waals surface area contributed by atoms with E-state index < -0.39 is 29.8 Å². The van der Waals surface area contributed by atoms with Crippen LogP contribution in [0.3, 0.4) is 0 Å². The molecule has 1 saturated carbocycles. The van der Waals surface area contributed by atoms with E-state index in [0.717, 1.165) is 42.4 Å². The number of aliphatic imine (C=N–C) groups is 1. The number of carbonyl (C=O) groups is 3. The van der Waals surface area contributed by atoms with Crippen molar-refractivity contribution in [1.29, 1.82) is 0 Å². The van der Waals surface area contributed by atoms with Crippen molar-refractivity contribution < 1.29 is 19.1 Å². The Labute approximate surface area is 287 Å². The van der Waals surface area contributed by atoms with Crippen molar-refractivity contribution in [2.24, 2.45) is 28.5 Å². The summed E-state index contributed by atoms with van der Waals surface area (Å²) < 4.78 is 6.09. The van der Waals surface area contributed by atoms with Crippen LogP contribution in [0.15, 0.2) is 127 Å². The topological polar surface area (TPSA) is 114 Å². The van der Waals surface area contributed by atoms with Crippen molar-refractivity contribution in [2.45, 2.75) is 51.2 Å². The largest absolute Gasteiger partial charge is 0.457 e. The molecule has 1 fully saturated rings. The average molecular weight is 655 g/mol.